The van der Waals surface area contributed by atoms with Crippen LogP contribution in [0.1, 0.15) is 0 Å². The molecule has 3 aromatic rings. The number of hydrogen-bond acceptors (Lipinski definition) is 6. The number of benzene rings is 1. The Morgan fingerprint density at radius 3 is 2.13 bits per heavy atom. The fourth-order valence-electron chi connectivity index (χ4n) is 2.25. The van der Waals surface area contributed by atoms with Crippen molar-refractivity contribution in [2.75, 3.05) is 13.2 Å². The number of nitrogens with one attached hydrogen (secondary N) is 1. The van der Waals surface area contributed by atoms with Gasteiger partial charge in [-0.2, -0.15) is 46.7 Å². The highest BCUT2D eigenvalue weighted by Gasteiger charge is 2.30. The van der Waals surface area contributed by atoms with E-state index in [-0.39, 0.29) is 22.8 Å². The van der Waals surface area contributed by atoms with Crippen molar-refractivity contribution < 1.29 is 35.8 Å². The van der Waals surface area contributed by atoms with Crippen LogP contribution in [0.15, 0.2) is 41.3 Å². The summed E-state index contributed by atoms with van der Waals surface area (Å²) in [6.45, 7) is -3.26. The van der Waals surface area contributed by atoms with Gasteiger partial charge in [-0.05, 0) is 24.3 Å². The summed E-state index contributed by atoms with van der Waals surface area (Å²) in [6, 6.07) is 4.88. The molecule has 0 bridgehead atoms. The number of hydrogen-bond donors (Lipinski definition) is 1. The predicted molar refractivity (Wildman–Crippen MR) is 88.3 cm³/mol. The molecule has 160 valence electrons. The van der Waals surface area contributed by atoms with Crippen LogP contribution in [0.5, 0.6) is 11.8 Å². The van der Waals surface area contributed by atoms with E-state index in [1.54, 1.807) is 0 Å². The van der Waals surface area contributed by atoms with Crippen LogP contribution in [-0.4, -0.2) is 50.5 Å². The summed E-state index contributed by atoms with van der Waals surface area (Å²) in [6.07, 6.45) is -8.05. The lowest BCUT2D eigenvalue weighted by molar-refractivity contribution is -0.155. The normalized spacial score (nSPS) is 12.1. The van der Waals surface area contributed by atoms with Crippen LogP contribution in [0, 0.1) is 0 Å². The second-order valence-electron chi connectivity index (χ2n) is 5.75. The van der Waals surface area contributed by atoms with Crippen LogP contribution < -0.4 is 15.0 Å². The molecule has 0 aliphatic carbocycles. The lowest BCUT2D eigenvalue weighted by atomic mass is 10.3. The number of halogens is 6. The Morgan fingerprint density at radius 1 is 0.933 bits per heavy atom. The van der Waals surface area contributed by atoms with E-state index in [1.807, 2.05) is 0 Å². The third-order valence-electron chi connectivity index (χ3n) is 3.43. The Kier molecular flexibility index (Phi) is 5.67. The van der Waals surface area contributed by atoms with Crippen LogP contribution in [0.4, 0.5) is 26.3 Å². The van der Waals surface area contributed by atoms with E-state index in [4.69, 9.17) is 0 Å². The molecule has 0 atom stereocenters. The SMILES string of the molecule is O=c1cc(-c2cn[nH]n2)nc(OCC(F)(F)F)n1-c1ccc(OCC(F)(F)F)cc1. The van der Waals surface area contributed by atoms with Crippen molar-refractivity contribution in [3.8, 4) is 28.8 Å². The van der Waals surface area contributed by atoms with E-state index < -0.39 is 37.1 Å². The highest BCUT2D eigenvalue weighted by Crippen LogP contribution is 2.24. The van der Waals surface area contributed by atoms with Crippen molar-refractivity contribution in [2.45, 2.75) is 12.4 Å². The zero-order chi connectivity index (χ0) is 21.9. The van der Waals surface area contributed by atoms with E-state index in [9.17, 15) is 31.1 Å². The highest BCUT2D eigenvalue weighted by atomic mass is 19.4. The Bertz CT molecular complexity index is 1050. The van der Waals surface area contributed by atoms with Crippen LogP contribution >= 0.6 is 0 Å². The molecule has 0 aliphatic heterocycles. The molecule has 8 nitrogen and oxygen atoms in total. The summed E-state index contributed by atoms with van der Waals surface area (Å²) in [5.74, 6) is -0.158. The summed E-state index contributed by atoms with van der Waals surface area (Å²) in [4.78, 5) is 16.4. The zero-order valence-electron chi connectivity index (χ0n) is 14.7. The predicted octanol–water partition coefficient (Wildman–Crippen LogP) is 2.90. The van der Waals surface area contributed by atoms with Gasteiger partial charge in [-0.1, -0.05) is 0 Å². The molecule has 3 rings (SSSR count). The summed E-state index contributed by atoms with van der Waals surface area (Å²) < 4.78 is 84.5. The third-order valence-corrected chi connectivity index (χ3v) is 3.43. The van der Waals surface area contributed by atoms with Gasteiger partial charge < -0.3 is 9.47 Å². The second-order valence-corrected chi connectivity index (χ2v) is 5.75. The first-order valence-electron chi connectivity index (χ1n) is 8.02. The van der Waals surface area contributed by atoms with Crippen molar-refractivity contribution in [1.29, 1.82) is 0 Å². The van der Waals surface area contributed by atoms with Gasteiger partial charge in [0.05, 0.1) is 11.9 Å². The average Bonchev–Trinajstić information content (AvgIpc) is 3.18. The number of ether oxygens (including phenoxy) is 2. The first-order chi connectivity index (χ1) is 14.0. The largest absolute Gasteiger partial charge is 0.484 e. The average molecular weight is 435 g/mol. The van der Waals surface area contributed by atoms with Gasteiger partial charge in [0.1, 0.15) is 17.1 Å². The van der Waals surface area contributed by atoms with Crippen molar-refractivity contribution in [3.63, 3.8) is 0 Å². The molecular weight excluding hydrogens is 424 g/mol. The molecule has 0 unspecified atom stereocenters. The van der Waals surface area contributed by atoms with Gasteiger partial charge in [-0.15, -0.1) is 0 Å². The maximum Gasteiger partial charge on any atom is 0.422 e. The summed E-state index contributed by atoms with van der Waals surface area (Å²) in [7, 11) is 0. The van der Waals surface area contributed by atoms with Gasteiger partial charge in [0.15, 0.2) is 13.2 Å². The van der Waals surface area contributed by atoms with E-state index in [1.165, 1.54) is 18.3 Å². The molecule has 0 spiro atoms. The molecule has 14 heteroatoms. The zero-order valence-corrected chi connectivity index (χ0v) is 14.7. The van der Waals surface area contributed by atoms with E-state index >= 15 is 0 Å². The van der Waals surface area contributed by atoms with Crippen LogP contribution in [0.25, 0.3) is 17.1 Å². The van der Waals surface area contributed by atoms with Gasteiger partial charge in [-0.25, -0.2) is 4.57 Å². The van der Waals surface area contributed by atoms with E-state index in [2.05, 4.69) is 29.9 Å². The molecule has 1 N–H and O–H groups in total. The molecule has 30 heavy (non-hydrogen) atoms. The molecule has 0 amide bonds. The summed E-state index contributed by atoms with van der Waals surface area (Å²) >= 11 is 0. The molecular formula is C16H11F6N5O3. The molecule has 0 radical (unpaired) electrons. The fraction of sp³-hybridized carbons (Fsp3) is 0.250. The minimum absolute atomic E-state index is 0.00395. The van der Waals surface area contributed by atoms with Crippen LogP contribution in [0.3, 0.4) is 0 Å². The molecule has 1 aromatic carbocycles. The molecule has 2 heterocycles. The van der Waals surface area contributed by atoms with E-state index in [0.717, 1.165) is 22.8 Å². The first-order valence-corrected chi connectivity index (χ1v) is 8.02. The second kappa shape index (κ2) is 8.04. The monoisotopic (exact) mass is 435 g/mol. The number of rotatable bonds is 6. The van der Waals surface area contributed by atoms with Crippen LogP contribution in [-0.2, 0) is 0 Å². The number of nitrogens with zero attached hydrogens (tertiary/aromatic N) is 4. The maximum absolute atomic E-state index is 12.6. The lowest BCUT2D eigenvalue weighted by Crippen LogP contribution is -2.26. The minimum atomic E-state index is -4.71. The lowest BCUT2D eigenvalue weighted by Gasteiger charge is -2.15. The van der Waals surface area contributed by atoms with Crippen molar-refractivity contribution in [1.82, 2.24) is 25.0 Å². The number of aromatic nitrogens is 5. The molecule has 0 saturated carbocycles. The molecule has 0 fully saturated rings. The highest BCUT2D eigenvalue weighted by molar-refractivity contribution is 5.53. The quantitative estimate of drug-likeness (QED) is 0.599. The van der Waals surface area contributed by atoms with Gasteiger partial charge in [0, 0.05) is 6.07 Å². The van der Waals surface area contributed by atoms with Crippen LogP contribution in [0.2, 0.25) is 0 Å². The van der Waals surface area contributed by atoms with E-state index in [0.29, 0.717) is 0 Å². The Labute approximate surface area is 163 Å². The first kappa shape index (κ1) is 21.1. The number of alkyl halides is 6. The number of aromatic amines is 1. The van der Waals surface area contributed by atoms with Gasteiger partial charge in [-0.3, -0.25) is 4.79 Å². The molecule has 0 aliphatic rings. The van der Waals surface area contributed by atoms with Crippen molar-refractivity contribution in [2.24, 2.45) is 0 Å². The van der Waals surface area contributed by atoms with Gasteiger partial charge in [0.2, 0.25) is 0 Å². The Hall–Kier alpha value is -3.58. The minimum Gasteiger partial charge on any atom is -0.484 e. The molecule has 2 aromatic heterocycles. The summed E-state index contributed by atoms with van der Waals surface area (Å²) in [5.41, 5.74) is -0.820. The Morgan fingerprint density at radius 2 is 1.57 bits per heavy atom. The maximum atomic E-state index is 12.6. The third kappa shape index (κ3) is 5.48. The number of H-pyrrole nitrogens is 1. The smallest absolute Gasteiger partial charge is 0.422 e. The fourth-order valence-corrected chi connectivity index (χ4v) is 2.25. The Balaban J connectivity index is 1.97. The summed E-state index contributed by atoms with van der Waals surface area (Å²) in [5, 5.41) is 9.50. The topological polar surface area (TPSA) is 94.9 Å². The van der Waals surface area contributed by atoms with Crippen molar-refractivity contribution in [3.05, 3.63) is 46.9 Å². The van der Waals surface area contributed by atoms with Gasteiger partial charge >= 0.3 is 18.4 Å². The standard InChI is InChI=1S/C16H11F6N5O3/c17-15(18,19)7-29-10-3-1-9(2-4-10)27-13(28)5-11(12-6-23-26-25-12)24-14(27)30-8-16(20,21)22/h1-6H,7-8H2,(H,23,25,26). The van der Waals surface area contributed by atoms with Gasteiger partial charge in [0.25, 0.3) is 5.56 Å². The van der Waals surface area contributed by atoms with Crippen molar-refractivity contribution >= 4 is 0 Å². The molecule has 0 saturated heterocycles.